The van der Waals surface area contributed by atoms with Gasteiger partial charge in [-0.1, -0.05) is 18.2 Å². The highest BCUT2D eigenvalue weighted by Crippen LogP contribution is 2.30. The van der Waals surface area contributed by atoms with E-state index in [9.17, 15) is 18.0 Å². The molecular formula is C22H25ClF3N5O. The largest absolute Gasteiger partial charge is 0.433 e. The zero-order valence-corrected chi connectivity index (χ0v) is 18.6. The molecule has 0 unspecified atom stereocenters. The van der Waals surface area contributed by atoms with Crippen molar-refractivity contribution in [3.63, 3.8) is 0 Å². The number of nitrogens with two attached hydrogens (primary N) is 1. The highest BCUT2D eigenvalue weighted by molar-refractivity contribution is 6.29. The Labute approximate surface area is 190 Å². The van der Waals surface area contributed by atoms with E-state index in [-0.39, 0.29) is 6.54 Å². The van der Waals surface area contributed by atoms with E-state index in [0.717, 1.165) is 29.7 Å². The van der Waals surface area contributed by atoms with Gasteiger partial charge in [0.2, 0.25) is 0 Å². The third-order valence-corrected chi connectivity index (χ3v) is 4.83. The number of aromatic nitrogens is 1. The van der Waals surface area contributed by atoms with Gasteiger partial charge in [0, 0.05) is 43.6 Å². The van der Waals surface area contributed by atoms with E-state index in [0.29, 0.717) is 41.4 Å². The standard InChI is InChI=1S/C22H25ClF3N5O/c1-14(23)4-5-18(28-3)15(2)17-7-9-31(13-19(17)30-11-21(27)32)12-16-6-8-29-20(10-16)22(24,25)26/h4-6,8,10-11,28H,2,7,9,12-13H2,1,3H3,(H2,27,32)/b14-4+,18-5-,30-11?. The predicted octanol–water partition coefficient (Wildman–Crippen LogP) is 3.92. The summed E-state index contributed by atoms with van der Waals surface area (Å²) >= 11 is 5.91. The Morgan fingerprint density at radius 3 is 2.75 bits per heavy atom. The van der Waals surface area contributed by atoms with Crippen LogP contribution in [0.15, 0.2) is 69.6 Å². The van der Waals surface area contributed by atoms with Crippen LogP contribution >= 0.6 is 11.6 Å². The van der Waals surface area contributed by atoms with Crippen molar-refractivity contribution >= 4 is 23.7 Å². The number of rotatable bonds is 8. The molecule has 1 aromatic heterocycles. The molecule has 3 N–H and O–H groups in total. The average Bonchev–Trinajstić information content (AvgIpc) is 2.72. The average molecular weight is 468 g/mol. The van der Waals surface area contributed by atoms with Gasteiger partial charge >= 0.3 is 6.18 Å². The number of aliphatic imine (C=N–C) groups is 1. The van der Waals surface area contributed by atoms with Gasteiger partial charge in [-0.05, 0) is 54.3 Å². The molecule has 0 saturated heterocycles. The van der Waals surface area contributed by atoms with Gasteiger partial charge in [0.15, 0.2) is 0 Å². The molecule has 172 valence electrons. The van der Waals surface area contributed by atoms with E-state index in [1.165, 1.54) is 0 Å². The van der Waals surface area contributed by atoms with Crippen LogP contribution in [0.1, 0.15) is 24.6 Å². The minimum absolute atomic E-state index is 0.268. The minimum Gasteiger partial charge on any atom is -0.388 e. The summed E-state index contributed by atoms with van der Waals surface area (Å²) in [5.41, 5.74) is 7.55. The summed E-state index contributed by atoms with van der Waals surface area (Å²) in [6, 6.07) is 2.58. The first-order chi connectivity index (χ1) is 15.0. The second-order valence-electron chi connectivity index (χ2n) is 7.16. The third kappa shape index (κ3) is 7.35. The van der Waals surface area contributed by atoms with Crippen LogP contribution in [0.5, 0.6) is 0 Å². The van der Waals surface area contributed by atoms with Gasteiger partial charge in [0.05, 0.1) is 11.9 Å². The molecule has 0 fully saturated rings. The van der Waals surface area contributed by atoms with Crippen LogP contribution in [0.3, 0.4) is 0 Å². The Morgan fingerprint density at radius 1 is 1.44 bits per heavy atom. The number of nitrogens with zero attached hydrogens (tertiary/aromatic N) is 3. The van der Waals surface area contributed by atoms with Crippen molar-refractivity contribution in [3.05, 3.63) is 75.9 Å². The maximum atomic E-state index is 13.0. The van der Waals surface area contributed by atoms with Crippen LogP contribution in [-0.4, -0.2) is 42.1 Å². The van der Waals surface area contributed by atoms with Crippen LogP contribution in [0.4, 0.5) is 13.2 Å². The highest BCUT2D eigenvalue weighted by Gasteiger charge is 2.32. The Morgan fingerprint density at radius 2 is 2.16 bits per heavy atom. The van der Waals surface area contributed by atoms with Gasteiger partial charge in [-0.15, -0.1) is 0 Å². The number of alkyl halides is 3. The minimum atomic E-state index is -4.51. The fourth-order valence-electron chi connectivity index (χ4n) is 3.20. The van der Waals surface area contributed by atoms with Crippen LogP contribution in [0.25, 0.3) is 0 Å². The molecular weight excluding hydrogens is 443 g/mol. The molecule has 1 aromatic rings. The smallest absolute Gasteiger partial charge is 0.388 e. The number of amides is 1. The number of primary amides is 1. The highest BCUT2D eigenvalue weighted by atomic mass is 35.5. The van der Waals surface area contributed by atoms with Crippen molar-refractivity contribution in [1.82, 2.24) is 15.2 Å². The number of hydrogen-bond acceptors (Lipinski definition) is 5. The number of carbonyl (C=O) groups is 1. The quantitative estimate of drug-likeness (QED) is 0.448. The van der Waals surface area contributed by atoms with Crippen LogP contribution in [0, 0.1) is 0 Å². The zero-order valence-electron chi connectivity index (χ0n) is 17.8. The van der Waals surface area contributed by atoms with E-state index < -0.39 is 17.8 Å². The second kappa shape index (κ2) is 11.1. The normalized spacial score (nSPS) is 16.6. The number of likely N-dealkylation sites (N-methyl/N-ethyl adjacent to an activating group) is 1. The second-order valence-corrected chi connectivity index (χ2v) is 7.75. The molecule has 0 bridgehead atoms. The van der Waals surface area contributed by atoms with Crippen LogP contribution < -0.4 is 11.1 Å². The number of allylic oxidation sites excluding steroid dienone is 4. The molecule has 0 atom stereocenters. The number of pyridine rings is 1. The summed E-state index contributed by atoms with van der Waals surface area (Å²) < 4.78 is 38.9. The van der Waals surface area contributed by atoms with E-state index in [1.54, 1.807) is 32.2 Å². The van der Waals surface area contributed by atoms with E-state index in [1.807, 2.05) is 4.90 Å². The topological polar surface area (TPSA) is 83.6 Å². The summed E-state index contributed by atoms with van der Waals surface area (Å²) in [4.78, 5) is 20.8. The monoisotopic (exact) mass is 467 g/mol. The molecule has 0 aromatic carbocycles. The SMILES string of the molecule is C=C(C1=C(N=CC(N)=O)CN(Cc2ccnc(C(F)(F)F)c2)CC1)/C(=C/C=C(\C)Cl)NC. The van der Waals surface area contributed by atoms with Gasteiger partial charge in [-0.25, -0.2) is 0 Å². The summed E-state index contributed by atoms with van der Waals surface area (Å²) in [5, 5.41) is 3.66. The van der Waals surface area contributed by atoms with Crippen molar-refractivity contribution < 1.29 is 18.0 Å². The van der Waals surface area contributed by atoms with E-state index >= 15 is 0 Å². The maximum Gasteiger partial charge on any atom is 0.433 e. The van der Waals surface area contributed by atoms with Gasteiger partial charge in [0.1, 0.15) is 5.69 Å². The molecule has 2 rings (SSSR count). The number of carbonyl (C=O) groups excluding carboxylic acids is 1. The van der Waals surface area contributed by atoms with E-state index in [4.69, 9.17) is 17.3 Å². The van der Waals surface area contributed by atoms with Gasteiger partial charge in [-0.2, -0.15) is 13.2 Å². The van der Waals surface area contributed by atoms with Crippen molar-refractivity contribution in [2.75, 3.05) is 20.1 Å². The van der Waals surface area contributed by atoms with Crippen molar-refractivity contribution in [1.29, 1.82) is 0 Å². The lowest BCUT2D eigenvalue weighted by Crippen LogP contribution is -2.32. The Kier molecular flexibility index (Phi) is 8.80. The lowest BCUT2D eigenvalue weighted by Gasteiger charge is -2.30. The van der Waals surface area contributed by atoms with Gasteiger partial charge in [-0.3, -0.25) is 19.7 Å². The number of halogens is 4. The Hall–Kier alpha value is -2.91. The number of hydrogen-bond donors (Lipinski definition) is 2. The van der Waals surface area contributed by atoms with Gasteiger partial charge in [0.25, 0.3) is 5.91 Å². The lowest BCUT2D eigenvalue weighted by atomic mass is 9.95. The summed E-state index contributed by atoms with van der Waals surface area (Å²) in [7, 11) is 1.75. The fourth-order valence-corrected chi connectivity index (χ4v) is 3.27. The third-order valence-electron chi connectivity index (χ3n) is 4.71. The van der Waals surface area contributed by atoms with Crippen molar-refractivity contribution in [2.24, 2.45) is 10.7 Å². The van der Waals surface area contributed by atoms with Gasteiger partial charge < -0.3 is 11.1 Å². The molecule has 32 heavy (non-hydrogen) atoms. The fraction of sp³-hybridized carbons (Fsp3) is 0.318. The lowest BCUT2D eigenvalue weighted by molar-refractivity contribution is -0.141. The molecule has 1 aliphatic heterocycles. The summed E-state index contributed by atoms with van der Waals surface area (Å²) in [6.07, 6.45) is 1.70. The molecule has 1 aliphatic rings. The molecule has 0 radical (unpaired) electrons. The first kappa shape index (κ1) is 25.4. The Bertz CT molecular complexity index is 992. The van der Waals surface area contributed by atoms with E-state index in [2.05, 4.69) is 21.9 Å². The molecule has 2 heterocycles. The molecule has 0 aliphatic carbocycles. The molecule has 10 heteroatoms. The number of nitrogens with one attached hydrogen (secondary N) is 1. The van der Waals surface area contributed by atoms with Crippen LogP contribution in [0.2, 0.25) is 0 Å². The molecule has 0 saturated carbocycles. The molecule has 6 nitrogen and oxygen atoms in total. The van der Waals surface area contributed by atoms with Crippen molar-refractivity contribution in [3.8, 4) is 0 Å². The first-order valence-corrected chi connectivity index (χ1v) is 10.1. The Balaban J connectivity index is 2.32. The summed E-state index contributed by atoms with van der Waals surface area (Å²) in [5.74, 6) is -0.700. The first-order valence-electron chi connectivity index (χ1n) is 9.72. The van der Waals surface area contributed by atoms with Crippen LogP contribution in [-0.2, 0) is 17.5 Å². The molecule has 1 amide bonds. The maximum absolute atomic E-state index is 13.0. The zero-order chi connectivity index (χ0) is 23.9. The van der Waals surface area contributed by atoms with Crippen molar-refractivity contribution in [2.45, 2.75) is 26.1 Å². The predicted molar refractivity (Wildman–Crippen MR) is 120 cm³/mol. The molecule has 0 spiro atoms. The summed E-state index contributed by atoms with van der Waals surface area (Å²) in [6.45, 7) is 7.04.